The van der Waals surface area contributed by atoms with Crippen LogP contribution in [0.4, 0.5) is 5.69 Å². The van der Waals surface area contributed by atoms with Gasteiger partial charge >= 0.3 is 0 Å². The number of allylic oxidation sites excluding steroid dienone is 6. The first-order valence-electron chi connectivity index (χ1n) is 11.6. The van der Waals surface area contributed by atoms with E-state index in [4.69, 9.17) is 0 Å². The number of imide groups is 1. The van der Waals surface area contributed by atoms with E-state index in [0.29, 0.717) is 28.8 Å². The Labute approximate surface area is 223 Å². The lowest BCUT2D eigenvalue weighted by molar-refractivity contribution is -0.123. The van der Waals surface area contributed by atoms with Gasteiger partial charge in [-0.3, -0.25) is 24.1 Å². The van der Waals surface area contributed by atoms with Crippen LogP contribution in [0.15, 0.2) is 86.4 Å². The van der Waals surface area contributed by atoms with E-state index in [1.54, 1.807) is 42.5 Å². The first kappa shape index (κ1) is 23.3. The van der Waals surface area contributed by atoms with Gasteiger partial charge in [-0.05, 0) is 76.7 Å². The van der Waals surface area contributed by atoms with Crippen LogP contribution in [-0.2, 0) is 19.2 Å². The molecule has 0 bridgehead atoms. The molecule has 4 atom stereocenters. The molecule has 3 aliphatic carbocycles. The van der Waals surface area contributed by atoms with Crippen LogP contribution in [-0.4, -0.2) is 28.5 Å². The van der Waals surface area contributed by atoms with Crippen LogP contribution in [0.5, 0.6) is 5.75 Å². The van der Waals surface area contributed by atoms with E-state index in [2.05, 4.69) is 31.9 Å². The summed E-state index contributed by atoms with van der Waals surface area (Å²) in [4.78, 5) is 54.9. The number of fused-ring (bicyclic) bond motifs is 3. The number of phenols is 1. The molecule has 1 aliphatic heterocycles. The number of nitrogens with zero attached hydrogens (tertiary/aromatic N) is 1. The zero-order valence-electron chi connectivity index (χ0n) is 18.8. The summed E-state index contributed by atoms with van der Waals surface area (Å²) in [5.74, 6) is -3.20. The molecule has 1 saturated heterocycles. The molecule has 2 aromatic rings. The van der Waals surface area contributed by atoms with Gasteiger partial charge in [-0.1, -0.05) is 39.7 Å². The average Bonchev–Trinajstić information content (AvgIpc) is 3.12. The van der Waals surface area contributed by atoms with E-state index in [1.165, 1.54) is 11.0 Å². The van der Waals surface area contributed by atoms with Gasteiger partial charge < -0.3 is 5.11 Å². The highest BCUT2D eigenvalue weighted by Crippen LogP contribution is 2.55. The highest BCUT2D eigenvalue weighted by molar-refractivity contribution is 9.12. The lowest BCUT2D eigenvalue weighted by Gasteiger charge is -2.42. The summed E-state index contributed by atoms with van der Waals surface area (Å²) in [5, 5.41) is 10.2. The number of aromatic hydroxyl groups is 1. The number of amides is 2. The molecule has 6 nitrogen and oxygen atoms in total. The Balaban J connectivity index is 1.48. The number of rotatable bonds is 2. The Morgan fingerprint density at radius 3 is 2.39 bits per heavy atom. The van der Waals surface area contributed by atoms with Crippen molar-refractivity contribution in [1.82, 2.24) is 0 Å². The molecule has 1 fully saturated rings. The average molecular weight is 609 g/mol. The van der Waals surface area contributed by atoms with Crippen molar-refractivity contribution in [2.75, 3.05) is 4.90 Å². The van der Waals surface area contributed by atoms with Gasteiger partial charge in [-0.25, -0.2) is 0 Å². The lowest BCUT2D eigenvalue weighted by Crippen LogP contribution is -2.39. The van der Waals surface area contributed by atoms with E-state index in [-0.39, 0.29) is 40.0 Å². The third-order valence-corrected chi connectivity index (χ3v) is 8.74. The minimum Gasteiger partial charge on any atom is -0.508 e. The Bertz CT molecular complexity index is 1470. The smallest absolute Gasteiger partial charge is 0.238 e. The number of benzene rings is 2. The van der Waals surface area contributed by atoms with Crippen molar-refractivity contribution in [3.63, 3.8) is 0 Å². The minimum atomic E-state index is -0.636. The summed E-state index contributed by atoms with van der Waals surface area (Å²) >= 11 is 6.61. The van der Waals surface area contributed by atoms with E-state index < -0.39 is 23.7 Å². The Hall–Kier alpha value is -3.10. The van der Waals surface area contributed by atoms with Crippen molar-refractivity contribution >= 4 is 60.9 Å². The summed E-state index contributed by atoms with van der Waals surface area (Å²) in [7, 11) is 0. The molecule has 2 amide bonds. The minimum absolute atomic E-state index is 0.0471. The first-order valence-corrected chi connectivity index (χ1v) is 13.2. The predicted octanol–water partition coefficient (Wildman–Crippen LogP) is 5.12. The molecule has 6 rings (SSSR count). The van der Waals surface area contributed by atoms with Crippen LogP contribution in [0.2, 0.25) is 0 Å². The maximum absolute atomic E-state index is 13.8. The number of halogens is 2. The molecular weight excluding hydrogens is 590 g/mol. The fourth-order valence-corrected chi connectivity index (χ4v) is 6.85. The van der Waals surface area contributed by atoms with Crippen LogP contribution in [0.25, 0.3) is 0 Å². The van der Waals surface area contributed by atoms with Gasteiger partial charge in [0.1, 0.15) is 5.75 Å². The standard InChI is InChI=1S/C28H19Br2NO5/c29-14-4-6-15(7-5-14)31-27(35)18-9-8-17-19(24(18)28(31)36)11-20-25(22(33)12-21(30)26(20)34)23(17)13-2-1-3-16(32)10-13/h1-8,10,12,18-19,23-24,32H,9,11H2. The summed E-state index contributed by atoms with van der Waals surface area (Å²) in [6.07, 6.45) is 3.83. The highest BCUT2D eigenvalue weighted by atomic mass is 79.9. The SMILES string of the molecule is O=C1C=C(Br)C(=O)C2=C1C(c1cccc(O)c1)C1=CCC3C(=O)N(c4ccc(Br)cc4)C(=O)C3C1C2. The summed E-state index contributed by atoms with van der Waals surface area (Å²) in [6.45, 7) is 0. The third-order valence-electron chi connectivity index (χ3n) is 7.62. The summed E-state index contributed by atoms with van der Waals surface area (Å²) in [6, 6.07) is 13.7. The Morgan fingerprint density at radius 2 is 1.67 bits per heavy atom. The number of hydrogen-bond acceptors (Lipinski definition) is 5. The van der Waals surface area contributed by atoms with Gasteiger partial charge in [0.25, 0.3) is 0 Å². The molecular formula is C28H19Br2NO5. The molecule has 0 spiro atoms. The lowest BCUT2D eigenvalue weighted by atomic mass is 9.59. The highest BCUT2D eigenvalue weighted by Gasteiger charge is 2.56. The maximum atomic E-state index is 13.8. The molecule has 0 radical (unpaired) electrons. The second kappa shape index (κ2) is 8.49. The Morgan fingerprint density at radius 1 is 0.917 bits per heavy atom. The van der Waals surface area contributed by atoms with Gasteiger partial charge in [0.2, 0.25) is 11.8 Å². The molecule has 1 heterocycles. The van der Waals surface area contributed by atoms with Gasteiger partial charge in [0.05, 0.1) is 22.0 Å². The van der Waals surface area contributed by atoms with Crippen LogP contribution in [0.1, 0.15) is 24.3 Å². The predicted molar refractivity (Wildman–Crippen MR) is 139 cm³/mol. The van der Waals surface area contributed by atoms with E-state index in [0.717, 1.165) is 10.0 Å². The normalized spacial score (nSPS) is 27.4. The van der Waals surface area contributed by atoms with Crippen molar-refractivity contribution in [3.8, 4) is 5.75 Å². The molecule has 0 saturated carbocycles. The maximum Gasteiger partial charge on any atom is 0.238 e. The van der Waals surface area contributed by atoms with Crippen molar-refractivity contribution in [1.29, 1.82) is 0 Å². The quantitative estimate of drug-likeness (QED) is 0.290. The van der Waals surface area contributed by atoms with Gasteiger partial charge in [-0.15, -0.1) is 0 Å². The second-order valence-electron chi connectivity index (χ2n) is 9.48. The zero-order valence-corrected chi connectivity index (χ0v) is 22.0. The van der Waals surface area contributed by atoms with Crippen LogP contribution in [0, 0.1) is 17.8 Å². The third kappa shape index (κ3) is 3.42. The molecule has 0 aromatic heterocycles. The molecule has 4 unspecified atom stereocenters. The summed E-state index contributed by atoms with van der Waals surface area (Å²) < 4.78 is 1.03. The largest absolute Gasteiger partial charge is 0.508 e. The molecule has 2 aromatic carbocycles. The number of ketones is 2. The van der Waals surface area contributed by atoms with E-state index in [9.17, 15) is 24.3 Å². The zero-order chi connectivity index (χ0) is 25.3. The van der Waals surface area contributed by atoms with Crippen molar-refractivity contribution in [3.05, 3.63) is 91.9 Å². The fraction of sp³-hybridized carbons (Fsp3) is 0.214. The molecule has 4 aliphatic rings. The van der Waals surface area contributed by atoms with Crippen LogP contribution < -0.4 is 4.90 Å². The second-order valence-corrected chi connectivity index (χ2v) is 11.2. The molecule has 8 heteroatoms. The van der Waals surface area contributed by atoms with Crippen LogP contribution in [0.3, 0.4) is 0 Å². The number of Topliss-reactive ketones (excluding diaryl/α,β-unsaturated/α-hetero) is 1. The van der Waals surface area contributed by atoms with Crippen molar-refractivity contribution in [2.45, 2.75) is 18.8 Å². The van der Waals surface area contributed by atoms with Crippen molar-refractivity contribution in [2.24, 2.45) is 17.8 Å². The van der Waals surface area contributed by atoms with Gasteiger partial charge in [0, 0.05) is 27.6 Å². The molecule has 180 valence electrons. The fourth-order valence-electron chi connectivity index (χ4n) is 6.14. The van der Waals surface area contributed by atoms with E-state index >= 15 is 0 Å². The monoisotopic (exact) mass is 607 g/mol. The van der Waals surface area contributed by atoms with Crippen LogP contribution >= 0.6 is 31.9 Å². The van der Waals surface area contributed by atoms with Gasteiger partial charge in [-0.2, -0.15) is 0 Å². The Kier molecular flexibility index (Phi) is 5.50. The topological polar surface area (TPSA) is 91.8 Å². The summed E-state index contributed by atoms with van der Waals surface area (Å²) in [5.41, 5.74) is 2.79. The number of carbonyl (C=O) groups excluding carboxylic acids is 4. The number of phenolic OH excluding ortho intramolecular Hbond substituents is 1. The molecule has 1 N–H and O–H groups in total. The van der Waals surface area contributed by atoms with Gasteiger partial charge in [0.15, 0.2) is 11.6 Å². The first-order chi connectivity index (χ1) is 17.3. The van der Waals surface area contributed by atoms with E-state index in [1.807, 2.05) is 12.1 Å². The number of carbonyl (C=O) groups is 4. The number of hydrogen-bond donors (Lipinski definition) is 1. The molecule has 36 heavy (non-hydrogen) atoms. The number of anilines is 1. The van der Waals surface area contributed by atoms with Crippen molar-refractivity contribution < 1.29 is 24.3 Å².